The Morgan fingerprint density at radius 1 is 0.420 bits per heavy atom. The van der Waals surface area contributed by atoms with Gasteiger partial charge in [-0.05, 0) is 93.7 Å². The summed E-state index contributed by atoms with van der Waals surface area (Å²) in [6.07, 6.45) is -2.27. The molecule has 8 bridgehead atoms. The van der Waals surface area contributed by atoms with E-state index in [0.717, 1.165) is 36.4 Å². The van der Waals surface area contributed by atoms with Gasteiger partial charge in [-0.15, -0.1) is 17.2 Å². The zero-order valence-corrected chi connectivity index (χ0v) is 28.0. The SMILES string of the molecule is O=S(=O)(O)c1cc2c([O-])c(c1)Cc1cc(S(=O)(=O)O)cc(c1O)Cc1cc(S(=O)(=O)O)cc(c1[O-])Cc1cc(-c3ccccc3)cc(c1[O-])C2. The first-order chi connectivity index (χ1) is 23.3. The smallest absolute Gasteiger partial charge is 0.294 e. The zero-order chi connectivity index (χ0) is 36.3. The van der Waals surface area contributed by atoms with E-state index in [1.807, 2.05) is 0 Å². The molecule has 0 heterocycles. The van der Waals surface area contributed by atoms with Gasteiger partial charge in [0, 0.05) is 12.8 Å². The van der Waals surface area contributed by atoms with Crippen molar-refractivity contribution in [3.63, 3.8) is 0 Å². The largest absolute Gasteiger partial charge is 0.872 e. The minimum absolute atomic E-state index is 0.0268. The molecule has 4 N–H and O–H groups in total. The van der Waals surface area contributed by atoms with Crippen molar-refractivity contribution in [3.8, 4) is 34.1 Å². The van der Waals surface area contributed by atoms with Crippen molar-refractivity contribution in [1.82, 2.24) is 0 Å². The van der Waals surface area contributed by atoms with Gasteiger partial charge in [-0.1, -0.05) is 53.6 Å². The molecule has 0 saturated carbocycles. The summed E-state index contributed by atoms with van der Waals surface area (Å²) in [5.74, 6) is -2.92. The summed E-state index contributed by atoms with van der Waals surface area (Å²) in [6.45, 7) is 0. The summed E-state index contributed by atoms with van der Waals surface area (Å²) >= 11 is 0. The fourth-order valence-corrected chi connectivity index (χ4v) is 7.80. The highest BCUT2D eigenvalue weighted by molar-refractivity contribution is 7.86. The standard InChI is InChI=1S/C34H28O13S3/c35-31-20-6-19(18-4-2-1-3-5-18)7-21(31)9-23-13-29(49(42,43)44)15-25(33(23)37)11-27-17-30(50(45,46)47)16-26(34(27)38)10-24-14-28(48(39,40)41)12-22(8-20)32(24)36/h1-7,12-17,35-38H,8-11H2,(H,39,40,41)(H,42,43,44)(H,45,46,47)/p-3. The Hall–Kier alpha value is -4.97. The van der Waals surface area contributed by atoms with Gasteiger partial charge < -0.3 is 20.4 Å². The van der Waals surface area contributed by atoms with Crippen LogP contribution in [0.2, 0.25) is 0 Å². The van der Waals surface area contributed by atoms with Gasteiger partial charge in [-0.25, -0.2) is 0 Å². The van der Waals surface area contributed by atoms with Crippen molar-refractivity contribution in [3.05, 3.63) is 123 Å². The molecular formula is C34H25O13S3-3. The Balaban J connectivity index is 1.71. The van der Waals surface area contributed by atoms with Gasteiger partial charge >= 0.3 is 0 Å². The van der Waals surface area contributed by atoms with E-state index >= 15 is 0 Å². The molecule has 13 nitrogen and oxygen atoms in total. The van der Waals surface area contributed by atoms with Gasteiger partial charge in [0.2, 0.25) is 0 Å². The third-order valence-corrected chi connectivity index (χ3v) is 10.9. The second kappa shape index (κ2) is 12.4. The quantitative estimate of drug-likeness (QED) is 0.190. The van der Waals surface area contributed by atoms with E-state index in [1.165, 1.54) is 12.1 Å². The summed E-state index contributed by atoms with van der Waals surface area (Å²) < 4.78 is 104. The molecule has 16 heteroatoms. The Kier molecular flexibility index (Phi) is 8.66. The summed E-state index contributed by atoms with van der Waals surface area (Å²) in [7, 11) is -14.9. The number of aromatic hydroxyl groups is 1. The number of fused-ring (bicyclic) bond motifs is 8. The minimum Gasteiger partial charge on any atom is -0.872 e. The van der Waals surface area contributed by atoms with E-state index in [2.05, 4.69) is 0 Å². The lowest BCUT2D eigenvalue weighted by Crippen LogP contribution is -2.12. The van der Waals surface area contributed by atoms with Crippen LogP contribution in [0.3, 0.4) is 0 Å². The van der Waals surface area contributed by atoms with Crippen LogP contribution in [0.25, 0.3) is 11.1 Å². The van der Waals surface area contributed by atoms with Crippen LogP contribution in [0, 0.1) is 0 Å². The van der Waals surface area contributed by atoms with E-state index in [4.69, 9.17) is 0 Å². The molecule has 0 radical (unpaired) electrons. The van der Waals surface area contributed by atoms with Crippen LogP contribution in [-0.4, -0.2) is 44.0 Å². The molecule has 0 aliphatic heterocycles. The van der Waals surface area contributed by atoms with Gasteiger partial charge in [0.1, 0.15) is 5.75 Å². The minimum atomic E-state index is -4.99. The molecule has 0 spiro atoms. The lowest BCUT2D eigenvalue weighted by atomic mass is 9.89. The molecule has 0 fully saturated rings. The molecule has 0 saturated heterocycles. The topological polar surface area (TPSA) is 253 Å². The van der Waals surface area contributed by atoms with E-state index in [-0.39, 0.29) is 44.5 Å². The molecule has 260 valence electrons. The van der Waals surface area contributed by atoms with Crippen molar-refractivity contribution < 1.29 is 59.3 Å². The van der Waals surface area contributed by atoms with Crippen LogP contribution in [0.1, 0.15) is 44.5 Å². The van der Waals surface area contributed by atoms with Gasteiger partial charge in [0.25, 0.3) is 30.4 Å². The second-order valence-corrected chi connectivity index (χ2v) is 16.1. The van der Waals surface area contributed by atoms with Crippen LogP contribution >= 0.6 is 0 Å². The van der Waals surface area contributed by atoms with Crippen LogP contribution in [0.4, 0.5) is 0 Å². The molecule has 0 amide bonds. The van der Waals surface area contributed by atoms with Crippen LogP contribution in [0.5, 0.6) is 23.0 Å². The molecular weight excluding hydrogens is 713 g/mol. The Labute approximate surface area is 286 Å². The third-order valence-electron chi connectivity index (χ3n) is 8.44. The zero-order valence-electron chi connectivity index (χ0n) is 25.5. The number of phenolic OH excluding ortho intramolecular Hbond substituents is 1. The summed E-state index contributed by atoms with van der Waals surface area (Å²) in [5, 5.41) is 53.0. The monoisotopic (exact) mass is 737 g/mol. The molecule has 50 heavy (non-hydrogen) atoms. The summed E-state index contributed by atoms with van der Waals surface area (Å²) in [5.41, 5.74) is -0.831. The summed E-state index contributed by atoms with van der Waals surface area (Å²) in [4.78, 5) is -2.22. The molecule has 5 aromatic rings. The van der Waals surface area contributed by atoms with Crippen molar-refractivity contribution in [1.29, 1.82) is 0 Å². The fourth-order valence-electron chi connectivity index (χ4n) is 6.05. The van der Waals surface area contributed by atoms with Gasteiger partial charge in [0.15, 0.2) is 0 Å². The van der Waals surface area contributed by atoms with Gasteiger partial charge in [-0.3, -0.25) is 13.7 Å². The highest BCUT2D eigenvalue weighted by Gasteiger charge is 2.23. The van der Waals surface area contributed by atoms with Crippen LogP contribution in [-0.2, 0) is 56.0 Å². The first-order valence-corrected chi connectivity index (χ1v) is 18.9. The highest BCUT2D eigenvalue weighted by Crippen LogP contribution is 2.39. The number of hydrogen-bond donors (Lipinski definition) is 4. The van der Waals surface area contributed by atoms with Gasteiger partial charge in [-0.2, -0.15) is 25.3 Å². The van der Waals surface area contributed by atoms with E-state index in [0.29, 0.717) is 11.1 Å². The molecule has 0 unspecified atom stereocenters. The van der Waals surface area contributed by atoms with E-state index in [1.54, 1.807) is 30.3 Å². The molecule has 6 rings (SSSR count). The molecule has 1 aliphatic carbocycles. The summed E-state index contributed by atoms with van der Waals surface area (Å²) in [6, 6.07) is 16.7. The molecule has 0 aromatic heterocycles. The Morgan fingerprint density at radius 2 is 0.700 bits per heavy atom. The van der Waals surface area contributed by atoms with Crippen molar-refractivity contribution in [2.45, 2.75) is 40.4 Å². The lowest BCUT2D eigenvalue weighted by Gasteiger charge is -2.27. The number of rotatable bonds is 4. The molecule has 1 aliphatic rings. The maximum atomic E-state index is 14.0. The van der Waals surface area contributed by atoms with Crippen LogP contribution < -0.4 is 15.3 Å². The fraction of sp³-hybridized carbons (Fsp3) is 0.118. The maximum Gasteiger partial charge on any atom is 0.294 e. The average Bonchev–Trinajstić information content (AvgIpc) is 3.02. The normalized spacial score (nSPS) is 13.6. The second-order valence-electron chi connectivity index (χ2n) is 11.9. The third kappa shape index (κ3) is 6.89. The maximum absolute atomic E-state index is 14.0. The lowest BCUT2D eigenvalue weighted by molar-refractivity contribution is -0.271. The van der Waals surface area contributed by atoms with E-state index in [9.17, 15) is 59.3 Å². The first-order valence-electron chi connectivity index (χ1n) is 14.6. The van der Waals surface area contributed by atoms with Crippen molar-refractivity contribution in [2.75, 3.05) is 0 Å². The highest BCUT2D eigenvalue weighted by atomic mass is 32.2. The Morgan fingerprint density at radius 3 is 1.02 bits per heavy atom. The number of hydrogen-bond acceptors (Lipinski definition) is 10. The van der Waals surface area contributed by atoms with Gasteiger partial charge in [0.05, 0.1) is 14.7 Å². The molecule has 0 atom stereocenters. The van der Waals surface area contributed by atoms with Crippen molar-refractivity contribution >= 4 is 30.4 Å². The predicted molar refractivity (Wildman–Crippen MR) is 172 cm³/mol. The van der Waals surface area contributed by atoms with Crippen molar-refractivity contribution in [2.24, 2.45) is 0 Å². The number of benzene rings is 5. The van der Waals surface area contributed by atoms with Crippen LogP contribution in [0.15, 0.2) is 93.5 Å². The average molecular weight is 738 g/mol. The number of phenols is 1. The first kappa shape index (κ1) is 34.9. The van der Waals surface area contributed by atoms with E-state index < -0.39 is 93.7 Å². The Bertz CT molecular complexity index is 2410. The molecule has 5 aromatic carbocycles. The predicted octanol–water partition coefficient (Wildman–Crippen LogP) is 2.70.